The van der Waals surface area contributed by atoms with Crippen LogP contribution in [0.15, 0.2) is 22.7 Å². The number of halogens is 1. The number of carbonyl (C=O) groups is 1. The van der Waals surface area contributed by atoms with Crippen molar-refractivity contribution < 1.29 is 9.53 Å². The number of aromatic nitrogens is 1. The summed E-state index contributed by atoms with van der Waals surface area (Å²) in [6, 6.07) is 5.73. The third-order valence-corrected chi connectivity index (χ3v) is 3.36. The van der Waals surface area contributed by atoms with Crippen molar-refractivity contribution in [3.05, 3.63) is 33.9 Å². The van der Waals surface area contributed by atoms with Gasteiger partial charge in [0.25, 0.3) is 0 Å². The summed E-state index contributed by atoms with van der Waals surface area (Å²) < 4.78 is 5.98. The van der Waals surface area contributed by atoms with E-state index in [-0.39, 0.29) is 5.97 Å². The first-order valence-corrected chi connectivity index (χ1v) is 5.87. The molecule has 0 saturated carbocycles. The fraction of sp³-hybridized carbons (Fsp3) is 0.250. The predicted octanol–water partition coefficient (Wildman–Crippen LogP) is 3.42. The molecule has 3 nitrogen and oxygen atoms in total. The predicted molar refractivity (Wildman–Crippen MR) is 66.7 cm³/mol. The standard InChI is InChI=1S/C12H12BrNO2/c1-3-16-12(15)11-6-8-7(2)9(13)4-5-10(8)14-11/h4-6,14H,3H2,1-2H3. The van der Waals surface area contributed by atoms with Gasteiger partial charge in [0.1, 0.15) is 5.69 Å². The summed E-state index contributed by atoms with van der Waals surface area (Å²) >= 11 is 3.46. The maximum Gasteiger partial charge on any atom is 0.354 e. The van der Waals surface area contributed by atoms with E-state index >= 15 is 0 Å². The van der Waals surface area contributed by atoms with Gasteiger partial charge in [-0.1, -0.05) is 15.9 Å². The SMILES string of the molecule is CCOC(=O)c1cc2c(C)c(Br)ccc2[nH]1. The zero-order valence-corrected chi connectivity index (χ0v) is 10.7. The number of aromatic amines is 1. The molecule has 2 rings (SSSR count). The Morgan fingerprint density at radius 3 is 2.94 bits per heavy atom. The molecular weight excluding hydrogens is 270 g/mol. The van der Waals surface area contributed by atoms with Gasteiger partial charge in [-0.3, -0.25) is 0 Å². The summed E-state index contributed by atoms with van der Waals surface area (Å²) in [5, 5.41) is 1.04. The van der Waals surface area contributed by atoms with E-state index in [4.69, 9.17) is 4.74 Å². The summed E-state index contributed by atoms with van der Waals surface area (Å²) in [4.78, 5) is 14.6. The molecule has 1 aromatic carbocycles. The number of fused-ring (bicyclic) bond motifs is 1. The summed E-state index contributed by atoms with van der Waals surface area (Å²) in [6.45, 7) is 4.19. The molecule has 0 bridgehead atoms. The molecule has 1 heterocycles. The highest BCUT2D eigenvalue weighted by Gasteiger charge is 2.12. The fourth-order valence-corrected chi connectivity index (χ4v) is 1.99. The van der Waals surface area contributed by atoms with Crippen LogP contribution in [0.3, 0.4) is 0 Å². The molecule has 0 aliphatic carbocycles. The molecular formula is C12H12BrNO2. The minimum atomic E-state index is -0.311. The van der Waals surface area contributed by atoms with E-state index in [1.54, 1.807) is 6.92 Å². The molecule has 0 fully saturated rings. The highest BCUT2D eigenvalue weighted by atomic mass is 79.9. The minimum Gasteiger partial charge on any atom is -0.461 e. The molecule has 0 amide bonds. The molecule has 0 unspecified atom stereocenters. The van der Waals surface area contributed by atoms with Crippen molar-refractivity contribution in [3.63, 3.8) is 0 Å². The Balaban J connectivity index is 2.52. The molecule has 0 aliphatic heterocycles. The smallest absolute Gasteiger partial charge is 0.354 e. The van der Waals surface area contributed by atoms with Crippen molar-refractivity contribution in [1.82, 2.24) is 4.98 Å². The second-order valence-electron chi connectivity index (χ2n) is 3.54. The highest BCUT2D eigenvalue weighted by molar-refractivity contribution is 9.10. The van der Waals surface area contributed by atoms with Crippen molar-refractivity contribution in [3.8, 4) is 0 Å². The van der Waals surface area contributed by atoms with E-state index in [0.29, 0.717) is 12.3 Å². The highest BCUT2D eigenvalue weighted by Crippen LogP contribution is 2.26. The number of benzene rings is 1. The Labute approximate surface area is 102 Å². The maximum atomic E-state index is 11.5. The molecule has 0 radical (unpaired) electrons. The number of carbonyl (C=O) groups excluding carboxylic acids is 1. The van der Waals surface area contributed by atoms with Gasteiger partial charge >= 0.3 is 5.97 Å². The Bertz CT molecular complexity index is 545. The Morgan fingerprint density at radius 2 is 2.25 bits per heavy atom. The van der Waals surface area contributed by atoms with E-state index in [0.717, 1.165) is 20.9 Å². The van der Waals surface area contributed by atoms with Crippen molar-refractivity contribution in [1.29, 1.82) is 0 Å². The van der Waals surface area contributed by atoms with Gasteiger partial charge in [-0.2, -0.15) is 0 Å². The van der Waals surface area contributed by atoms with Gasteiger partial charge < -0.3 is 9.72 Å². The van der Waals surface area contributed by atoms with Gasteiger partial charge in [-0.05, 0) is 37.6 Å². The number of hydrogen-bond donors (Lipinski definition) is 1. The van der Waals surface area contributed by atoms with E-state index in [1.807, 2.05) is 25.1 Å². The van der Waals surface area contributed by atoms with Crippen LogP contribution in [0, 0.1) is 6.92 Å². The van der Waals surface area contributed by atoms with Gasteiger partial charge in [0.15, 0.2) is 0 Å². The summed E-state index contributed by atoms with van der Waals surface area (Å²) in [5.41, 5.74) is 2.56. The van der Waals surface area contributed by atoms with Crippen LogP contribution in [0.5, 0.6) is 0 Å². The van der Waals surface area contributed by atoms with Gasteiger partial charge in [0.2, 0.25) is 0 Å². The number of rotatable bonds is 2. The van der Waals surface area contributed by atoms with E-state index in [2.05, 4.69) is 20.9 Å². The third kappa shape index (κ3) is 1.85. The molecule has 0 saturated heterocycles. The van der Waals surface area contributed by atoms with Crippen molar-refractivity contribution in [2.24, 2.45) is 0 Å². The lowest BCUT2D eigenvalue weighted by Crippen LogP contribution is -2.04. The van der Waals surface area contributed by atoms with Crippen LogP contribution >= 0.6 is 15.9 Å². The van der Waals surface area contributed by atoms with Gasteiger partial charge in [-0.25, -0.2) is 4.79 Å². The molecule has 84 valence electrons. The first-order valence-electron chi connectivity index (χ1n) is 5.08. The normalized spacial score (nSPS) is 10.7. The van der Waals surface area contributed by atoms with Gasteiger partial charge in [0, 0.05) is 15.4 Å². The molecule has 0 spiro atoms. The fourth-order valence-electron chi connectivity index (χ4n) is 1.64. The van der Waals surface area contributed by atoms with Crippen molar-refractivity contribution >= 4 is 32.8 Å². The van der Waals surface area contributed by atoms with Crippen molar-refractivity contribution in [2.45, 2.75) is 13.8 Å². The van der Waals surface area contributed by atoms with Crippen LogP contribution in [0.2, 0.25) is 0 Å². The number of H-pyrrole nitrogens is 1. The summed E-state index contributed by atoms with van der Waals surface area (Å²) in [7, 11) is 0. The first-order chi connectivity index (χ1) is 7.63. The largest absolute Gasteiger partial charge is 0.461 e. The summed E-state index contributed by atoms with van der Waals surface area (Å²) in [5.74, 6) is -0.311. The first kappa shape index (κ1) is 11.2. The van der Waals surface area contributed by atoms with Crippen LogP contribution < -0.4 is 0 Å². The molecule has 0 aliphatic rings. The molecule has 1 aromatic heterocycles. The minimum absolute atomic E-state index is 0.311. The van der Waals surface area contributed by atoms with Gasteiger partial charge in [-0.15, -0.1) is 0 Å². The molecule has 0 atom stereocenters. The average Bonchev–Trinajstić information content (AvgIpc) is 2.69. The van der Waals surface area contributed by atoms with Gasteiger partial charge in [0.05, 0.1) is 6.61 Å². The second-order valence-corrected chi connectivity index (χ2v) is 4.39. The Hall–Kier alpha value is -1.29. The second kappa shape index (κ2) is 4.29. The zero-order chi connectivity index (χ0) is 11.7. The quantitative estimate of drug-likeness (QED) is 0.857. The van der Waals surface area contributed by atoms with E-state index in [1.165, 1.54) is 0 Å². The molecule has 4 heteroatoms. The Morgan fingerprint density at radius 1 is 1.50 bits per heavy atom. The maximum absolute atomic E-state index is 11.5. The molecule has 2 aromatic rings. The number of nitrogens with one attached hydrogen (secondary N) is 1. The average molecular weight is 282 g/mol. The third-order valence-electron chi connectivity index (χ3n) is 2.50. The van der Waals surface area contributed by atoms with Crippen LogP contribution in [-0.4, -0.2) is 17.6 Å². The van der Waals surface area contributed by atoms with Crippen LogP contribution in [0.25, 0.3) is 10.9 Å². The Kier molecular flexibility index (Phi) is 3.01. The lowest BCUT2D eigenvalue weighted by atomic mass is 10.1. The van der Waals surface area contributed by atoms with Crippen LogP contribution in [-0.2, 0) is 4.74 Å². The zero-order valence-electron chi connectivity index (χ0n) is 9.13. The molecule has 16 heavy (non-hydrogen) atoms. The monoisotopic (exact) mass is 281 g/mol. The lowest BCUT2D eigenvalue weighted by Gasteiger charge is -1.97. The van der Waals surface area contributed by atoms with E-state index < -0.39 is 0 Å². The molecule has 1 N–H and O–H groups in total. The summed E-state index contributed by atoms with van der Waals surface area (Å²) in [6.07, 6.45) is 0. The van der Waals surface area contributed by atoms with E-state index in [9.17, 15) is 4.79 Å². The topological polar surface area (TPSA) is 42.1 Å². The number of esters is 1. The van der Waals surface area contributed by atoms with Crippen molar-refractivity contribution in [2.75, 3.05) is 6.61 Å². The number of ether oxygens (including phenoxy) is 1. The lowest BCUT2D eigenvalue weighted by molar-refractivity contribution is 0.0520. The van der Waals surface area contributed by atoms with Crippen LogP contribution in [0.4, 0.5) is 0 Å². The number of aryl methyl sites for hydroxylation is 1. The number of hydrogen-bond acceptors (Lipinski definition) is 2. The van der Waals surface area contributed by atoms with Crippen LogP contribution in [0.1, 0.15) is 23.0 Å².